The van der Waals surface area contributed by atoms with E-state index in [-0.39, 0.29) is 5.41 Å². The van der Waals surface area contributed by atoms with Gasteiger partial charge in [0.1, 0.15) is 0 Å². The van der Waals surface area contributed by atoms with Crippen molar-refractivity contribution in [2.24, 2.45) is 5.73 Å². The topological polar surface area (TPSA) is 53.0 Å². The molecule has 1 atom stereocenters. The molecule has 1 aromatic carbocycles. The third kappa shape index (κ3) is 2.87. The third-order valence-corrected chi connectivity index (χ3v) is 4.73. The number of nitriles is 1. The van der Waals surface area contributed by atoms with Crippen LogP contribution in [0.1, 0.15) is 37.3 Å². The van der Waals surface area contributed by atoms with Gasteiger partial charge in [0.25, 0.3) is 0 Å². The van der Waals surface area contributed by atoms with Crippen LogP contribution in [0.25, 0.3) is 0 Å². The van der Waals surface area contributed by atoms with Crippen LogP contribution in [0.2, 0.25) is 0 Å². The first kappa shape index (κ1) is 15.0. The molecule has 1 unspecified atom stereocenters. The summed E-state index contributed by atoms with van der Waals surface area (Å²) < 4.78 is 0. The highest BCUT2D eigenvalue weighted by Gasteiger charge is 2.38. The summed E-state index contributed by atoms with van der Waals surface area (Å²) in [6, 6.07) is 11.5. The van der Waals surface area contributed by atoms with E-state index in [1.807, 2.05) is 12.1 Å². The van der Waals surface area contributed by atoms with E-state index in [4.69, 9.17) is 5.73 Å². The average molecular weight is 271 g/mol. The fraction of sp³-hybridized carbons (Fsp3) is 0.588. The van der Waals surface area contributed by atoms with Crippen molar-refractivity contribution in [1.82, 2.24) is 4.90 Å². The van der Waals surface area contributed by atoms with Crippen molar-refractivity contribution < 1.29 is 0 Å². The fourth-order valence-electron chi connectivity index (χ4n) is 3.32. The first-order chi connectivity index (χ1) is 9.63. The highest BCUT2D eigenvalue weighted by Crippen LogP contribution is 2.37. The quantitative estimate of drug-likeness (QED) is 0.915. The molecular formula is C17H25N3. The van der Waals surface area contributed by atoms with E-state index >= 15 is 0 Å². The Balaban J connectivity index is 2.14. The van der Waals surface area contributed by atoms with Gasteiger partial charge in [-0.15, -0.1) is 0 Å². The van der Waals surface area contributed by atoms with Crippen LogP contribution >= 0.6 is 0 Å². The number of aryl methyl sites for hydroxylation is 1. The van der Waals surface area contributed by atoms with Crippen LogP contribution in [0.15, 0.2) is 24.3 Å². The summed E-state index contributed by atoms with van der Waals surface area (Å²) in [5.41, 5.74) is 7.80. The highest BCUT2D eigenvalue weighted by atomic mass is 15.2. The van der Waals surface area contributed by atoms with E-state index in [2.05, 4.69) is 36.9 Å². The Morgan fingerprint density at radius 1 is 1.35 bits per heavy atom. The van der Waals surface area contributed by atoms with Crippen LogP contribution in [-0.4, -0.2) is 30.6 Å². The molecule has 1 aliphatic heterocycles. The third-order valence-electron chi connectivity index (χ3n) is 4.73. The molecule has 1 aliphatic rings. The van der Waals surface area contributed by atoms with Gasteiger partial charge >= 0.3 is 0 Å². The number of benzene rings is 1. The molecular weight excluding hydrogens is 246 g/mol. The molecule has 1 fully saturated rings. The predicted octanol–water partition coefficient (Wildman–Crippen LogP) is 2.59. The maximum absolute atomic E-state index is 9.76. The monoisotopic (exact) mass is 271 g/mol. The molecule has 0 aromatic heterocycles. The van der Waals surface area contributed by atoms with Crippen molar-refractivity contribution in [3.63, 3.8) is 0 Å². The number of piperidine rings is 1. The summed E-state index contributed by atoms with van der Waals surface area (Å²) >= 11 is 0. The van der Waals surface area contributed by atoms with Crippen molar-refractivity contribution >= 4 is 0 Å². The van der Waals surface area contributed by atoms with Crippen LogP contribution in [0.3, 0.4) is 0 Å². The molecule has 0 aliphatic carbocycles. The molecule has 3 heteroatoms. The zero-order valence-corrected chi connectivity index (χ0v) is 12.6. The van der Waals surface area contributed by atoms with Gasteiger partial charge in [-0.3, -0.25) is 0 Å². The van der Waals surface area contributed by atoms with E-state index in [0.717, 1.165) is 38.9 Å². The molecule has 3 nitrogen and oxygen atoms in total. The number of hydrogen-bond donors (Lipinski definition) is 1. The van der Waals surface area contributed by atoms with Crippen molar-refractivity contribution in [2.75, 3.05) is 19.6 Å². The minimum absolute atomic E-state index is 0.301. The lowest BCUT2D eigenvalue weighted by Gasteiger charge is -2.41. The van der Waals surface area contributed by atoms with Gasteiger partial charge in [0, 0.05) is 19.1 Å². The molecule has 0 saturated carbocycles. The lowest BCUT2D eigenvalue weighted by molar-refractivity contribution is 0.137. The Kier molecular flexibility index (Phi) is 4.80. The smallest absolute Gasteiger partial charge is 0.0849 e. The first-order valence-corrected chi connectivity index (χ1v) is 7.54. The second kappa shape index (κ2) is 6.39. The number of rotatable bonds is 4. The second-order valence-electron chi connectivity index (χ2n) is 5.97. The van der Waals surface area contributed by atoms with Crippen molar-refractivity contribution in [3.05, 3.63) is 35.4 Å². The fourth-order valence-corrected chi connectivity index (χ4v) is 3.32. The second-order valence-corrected chi connectivity index (χ2v) is 5.97. The van der Waals surface area contributed by atoms with Gasteiger partial charge in [-0.2, -0.15) is 5.26 Å². The zero-order valence-electron chi connectivity index (χ0n) is 12.6. The molecule has 108 valence electrons. The molecule has 0 spiro atoms. The average Bonchev–Trinajstić information content (AvgIpc) is 2.48. The summed E-state index contributed by atoms with van der Waals surface area (Å²) in [7, 11) is 0. The van der Waals surface area contributed by atoms with Crippen LogP contribution in [0.4, 0.5) is 0 Å². The molecule has 2 rings (SSSR count). The lowest BCUT2D eigenvalue weighted by atomic mass is 9.72. The molecule has 1 saturated heterocycles. The standard InChI is InChI=1S/C17H25N3/c1-14-5-3-4-6-16(14)17(13-19)8-11-20(12-9-17)15(2)7-10-18/h3-6,15H,7-12,18H2,1-2H3. The van der Waals surface area contributed by atoms with Gasteiger partial charge in [0.15, 0.2) is 0 Å². The van der Waals surface area contributed by atoms with Crippen molar-refractivity contribution in [2.45, 2.75) is 44.6 Å². The summed E-state index contributed by atoms with van der Waals surface area (Å²) in [6.45, 7) is 7.06. The van der Waals surface area contributed by atoms with Gasteiger partial charge in [0.2, 0.25) is 0 Å². The maximum atomic E-state index is 9.76. The number of likely N-dealkylation sites (tertiary alicyclic amines) is 1. The van der Waals surface area contributed by atoms with E-state index in [1.54, 1.807) is 0 Å². The first-order valence-electron chi connectivity index (χ1n) is 7.54. The van der Waals surface area contributed by atoms with E-state index in [1.165, 1.54) is 11.1 Å². The number of hydrogen-bond acceptors (Lipinski definition) is 3. The van der Waals surface area contributed by atoms with Crippen LogP contribution in [0.5, 0.6) is 0 Å². The van der Waals surface area contributed by atoms with Gasteiger partial charge < -0.3 is 10.6 Å². The Labute approximate surface area is 122 Å². The number of nitrogens with zero attached hydrogens (tertiary/aromatic N) is 2. The molecule has 0 radical (unpaired) electrons. The summed E-state index contributed by atoms with van der Waals surface area (Å²) in [6.07, 6.45) is 2.87. The van der Waals surface area contributed by atoms with E-state index in [0.29, 0.717) is 6.04 Å². The van der Waals surface area contributed by atoms with Gasteiger partial charge in [-0.1, -0.05) is 24.3 Å². The lowest BCUT2D eigenvalue weighted by Crippen LogP contribution is -2.46. The zero-order chi connectivity index (χ0) is 14.6. The van der Waals surface area contributed by atoms with Crippen LogP contribution in [-0.2, 0) is 5.41 Å². The van der Waals surface area contributed by atoms with E-state index < -0.39 is 0 Å². The Bertz CT molecular complexity index is 481. The van der Waals surface area contributed by atoms with Crippen LogP contribution < -0.4 is 5.73 Å². The minimum Gasteiger partial charge on any atom is -0.330 e. The van der Waals surface area contributed by atoms with E-state index in [9.17, 15) is 5.26 Å². The Morgan fingerprint density at radius 2 is 2.00 bits per heavy atom. The van der Waals surface area contributed by atoms with Gasteiger partial charge in [-0.25, -0.2) is 0 Å². The molecule has 0 bridgehead atoms. The number of nitrogens with two attached hydrogens (primary N) is 1. The van der Waals surface area contributed by atoms with Crippen LogP contribution in [0, 0.1) is 18.3 Å². The predicted molar refractivity (Wildman–Crippen MR) is 82.4 cm³/mol. The molecule has 1 aromatic rings. The minimum atomic E-state index is -0.301. The summed E-state index contributed by atoms with van der Waals surface area (Å²) in [5.74, 6) is 0. The van der Waals surface area contributed by atoms with Gasteiger partial charge in [-0.05, 0) is 50.8 Å². The molecule has 20 heavy (non-hydrogen) atoms. The molecule has 1 heterocycles. The largest absolute Gasteiger partial charge is 0.330 e. The van der Waals surface area contributed by atoms with Crippen molar-refractivity contribution in [3.8, 4) is 6.07 Å². The maximum Gasteiger partial charge on any atom is 0.0849 e. The highest BCUT2D eigenvalue weighted by molar-refractivity contribution is 5.39. The molecule has 0 amide bonds. The summed E-state index contributed by atoms with van der Waals surface area (Å²) in [5, 5.41) is 9.76. The SMILES string of the molecule is Cc1ccccc1C1(C#N)CCN(C(C)CCN)CC1. The Morgan fingerprint density at radius 3 is 2.55 bits per heavy atom. The Hall–Kier alpha value is -1.37. The normalized spacial score (nSPS) is 20.3. The van der Waals surface area contributed by atoms with Crippen molar-refractivity contribution in [1.29, 1.82) is 5.26 Å². The van der Waals surface area contributed by atoms with Gasteiger partial charge in [0.05, 0.1) is 11.5 Å². The molecule has 2 N–H and O–H groups in total. The summed E-state index contributed by atoms with van der Waals surface area (Å²) in [4.78, 5) is 2.47.